The van der Waals surface area contributed by atoms with Crippen LogP contribution in [0.15, 0.2) is 24.3 Å². The molecular weight excluding hydrogens is 240 g/mol. The topological polar surface area (TPSA) is 60.7 Å². The molecule has 0 aliphatic carbocycles. The van der Waals surface area contributed by atoms with Crippen LogP contribution in [0.1, 0.15) is 26.3 Å². The van der Waals surface area contributed by atoms with Gasteiger partial charge in [0.05, 0.1) is 0 Å². The first-order valence-corrected chi connectivity index (χ1v) is 4.67. The van der Waals surface area contributed by atoms with E-state index in [1.165, 1.54) is 5.56 Å². The number of aliphatic hydroxyl groups excluding tert-OH is 3. The Bertz CT molecular complexity index is 179. The van der Waals surface area contributed by atoms with Crippen LogP contribution < -0.4 is 0 Å². The fourth-order valence-electron chi connectivity index (χ4n) is 0.874. The van der Waals surface area contributed by atoms with Gasteiger partial charge in [0.15, 0.2) is 0 Å². The standard InChI is InChI=1S/C9H13.3CH4O.Ti/c1-9(2,3)8-6-4-5-7-8;3*1-2;/h4-7H,1-3H3;3*2H,1H3;/q-1;;;;. The third kappa shape index (κ3) is 13.9. The Morgan fingerprint density at radius 2 is 1.00 bits per heavy atom. The van der Waals surface area contributed by atoms with Gasteiger partial charge in [-0.1, -0.05) is 26.2 Å². The third-order valence-corrected chi connectivity index (χ3v) is 1.53. The molecule has 4 heteroatoms. The third-order valence-electron chi connectivity index (χ3n) is 1.53. The van der Waals surface area contributed by atoms with E-state index in [1.54, 1.807) is 0 Å². The van der Waals surface area contributed by atoms with Crippen molar-refractivity contribution in [3.05, 3.63) is 29.8 Å². The van der Waals surface area contributed by atoms with Crippen molar-refractivity contribution >= 4 is 0 Å². The van der Waals surface area contributed by atoms with Crippen molar-refractivity contribution in [1.29, 1.82) is 0 Å². The Morgan fingerprint density at radius 3 is 1.12 bits per heavy atom. The molecule has 0 saturated heterocycles. The number of hydrogen-bond acceptors (Lipinski definition) is 3. The maximum atomic E-state index is 7.00. The first kappa shape index (κ1) is 25.0. The number of aliphatic hydroxyl groups is 3. The molecule has 0 aromatic heterocycles. The van der Waals surface area contributed by atoms with Gasteiger partial charge in [0, 0.05) is 43.0 Å². The molecule has 0 aliphatic heterocycles. The van der Waals surface area contributed by atoms with E-state index in [4.69, 9.17) is 15.3 Å². The molecule has 3 nitrogen and oxygen atoms in total. The fourth-order valence-corrected chi connectivity index (χ4v) is 0.874. The summed E-state index contributed by atoms with van der Waals surface area (Å²) in [6.07, 6.45) is 0. The molecule has 0 unspecified atom stereocenters. The van der Waals surface area contributed by atoms with E-state index in [0.29, 0.717) is 5.41 Å². The second-order valence-electron chi connectivity index (χ2n) is 3.42. The number of hydrogen-bond donors (Lipinski definition) is 3. The van der Waals surface area contributed by atoms with E-state index < -0.39 is 0 Å². The molecule has 0 aliphatic rings. The predicted molar refractivity (Wildman–Crippen MR) is 65.2 cm³/mol. The maximum absolute atomic E-state index is 7.00. The van der Waals surface area contributed by atoms with Gasteiger partial charge in [-0.25, -0.2) is 12.1 Å². The van der Waals surface area contributed by atoms with E-state index in [1.807, 2.05) is 0 Å². The first-order chi connectivity index (χ1) is 7.11. The Labute approximate surface area is 114 Å². The molecule has 0 fully saturated rings. The average Bonchev–Trinajstić information content (AvgIpc) is 2.79. The molecule has 1 aromatic rings. The largest absolute Gasteiger partial charge is 0.400 e. The Kier molecular flexibility index (Phi) is 27.1. The van der Waals surface area contributed by atoms with Gasteiger partial charge in [0.1, 0.15) is 0 Å². The van der Waals surface area contributed by atoms with Crippen LogP contribution in [0.3, 0.4) is 0 Å². The summed E-state index contributed by atoms with van der Waals surface area (Å²) in [7, 11) is 3.00. The zero-order chi connectivity index (χ0) is 12.9. The predicted octanol–water partition coefficient (Wildman–Crippen LogP) is 1.53. The normalized spacial score (nSPS) is 7.81. The second kappa shape index (κ2) is 17.3. The molecule has 0 heterocycles. The molecule has 1 rings (SSSR count). The molecular formula is C12H25O3Ti-. The van der Waals surface area contributed by atoms with Crippen LogP contribution in [0.25, 0.3) is 0 Å². The van der Waals surface area contributed by atoms with Crippen LogP contribution >= 0.6 is 0 Å². The van der Waals surface area contributed by atoms with Crippen LogP contribution in [-0.4, -0.2) is 36.6 Å². The minimum atomic E-state index is 0. The van der Waals surface area contributed by atoms with Gasteiger partial charge in [-0.3, -0.25) is 0 Å². The first-order valence-electron chi connectivity index (χ1n) is 4.67. The summed E-state index contributed by atoms with van der Waals surface area (Å²) < 4.78 is 0. The average molecular weight is 265 g/mol. The van der Waals surface area contributed by atoms with E-state index in [9.17, 15) is 0 Å². The zero-order valence-corrected chi connectivity index (χ0v) is 12.7. The van der Waals surface area contributed by atoms with Crippen molar-refractivity contribution < 1.29 is 37.0 Å². The molecule has 0 radical (unpaired) electrons. The zero-order valence-electron chi connectivity index (χ0n) is 11.2. The summed E-state index contributed by atoms with van der Waals surface area (Å²) in [6, 6.07) is 8.50. The van der Waals surface area contributed by atoms with Gasteiger partial charge in [0.25, 0.3) is 0 Å². The van der Waals surface area contributed by atoms with Gasteiger partial charge in [-0.05, 0) is 0 Å². The molecule has 0 spiro atoms. The summed E-state index contributed by atoms with van der Waals surface area (Å²) in [5.74, 6) is 0. The van der Waals surface area contributed by atoms with E-state index in [2.05, 4.69) is 45.0 Å². The summed E-state index contributed by atoms with van der Waals surface area (Å²) in [5.41, 5.74) is 1.74. The van der Waals surface area contributed by atoms with Crippen molar-refractivity contribution in [2.75, 3.05) is 21.3 Å². The van der Waals surface area contributed by atoms with Crippen molar-refractivity contribution in [3.8, 4) is 0 Å². The fraction of sp³-hybridized carbons (Fsp3) is 0.583. The Hall–Kier alpha value is -0.0557. The van der Waals surface area contributed by atoms with Gasteiger partial charge in [0.2, 0.25) is 0 Å². The van der Waals surface area contributed by atoms with Gasteiger partial charge < -0.3 is 15.3 Å². The maximum Gasteiger partial charge on any atom is 0.0319 e. The molecule has 16 heavy (non-hydrogen) atoms. The van der Waals surface area contributed by atoms with Crippen LogP contribution in [0.2, 0.25) is 0 Å². The van der Waals surface area contributed by atoms with Gasteiger partial charge >= 0.3 is 0 Å². The van der Waals surface area contributed by atoms with Crippen LogP contribution in [-0.2, 0) is 27.1 Å². The number of rotatable bonds is 0. The van der Waals surface area contributed by atoms with Crippen LogP contribution in [0, 0.1) is 0 Å². The molecule has 0 amide bonds. The quantitative estimate of drug-likeness (QED) is 0.492. The van der Waals surface area contributed by atoms with Crippen molar-refractivity contribution in [1.82, 2.24) is 0 Å². The van der Waals surface area contributed by atoms with Crippen LogP contribution in [0.5, 0.6) is 0 Å². The molecule has 96 valence electrons. The SMILES string of the molecule is CC(C)(C)[c-]1cccc1.CO.CO.CO.[Ti]. The Morgan fingerprint density at radius 1 is 0.750 bits per heavy atom. The van der Waals surface area contributed by atoms with Crippen molar-refractivity contribution in [2.45, 2.75) is 26.2 Å². The summed E-state index contributed by atoms with van der Waals surface area (Å²) in [4.78, 5) is 0. The molecule has 1 aromatic carbocycles. The van der Waals surface area contributed by atoms with E-state index in [-0.39, 0.29) is 21.7 Å². The van der Waals surface area contributed by atoms with Gasteiger partial charge in [-0.2, -0.15) is 17.7 Å². The van der Waals surface area contributed by atoms with E-state index >= 15 is 0 Å². The van der Waals surface area contributed by atoms with Crippen molar-refractivity contribution in [2.24, 2.45) is 0 Å². The van der Waals surface area contributed by atoms with Gasteiger partial charge in [-0.15, -0.1) is 0 Å². The molecule has 0 atom stereocenters. The summed E-state index contributed by atoms with van der Waals surface area (Å²) in [5, 5.41) is 21.0. The van der Waals surface area contributed by atoms with Crippen molar-refractivity contribution in [3.63, 3.8) is 0 Å². The monoisotopic (exact) mass is 265 g/mol. The van der Waals surface area contributed by atoms with Crippen LogP contribution in [0.4, 0.5) is 0 Å². The Balaban J connectivity index is -0.0000000900. The minimum Gasteiger partial charge on any atom is -0.400 e. The summed E-state index contributed by atoms with van der Waals surface area (Å²) >= 11 is 0. The molecule has 0 saturated carbocycles. The smallest absolute Gasteiger partial charge is 0.0319 e. The van der Waals surface area contributed by atoms with E-state index in [0.717, 1.165) is 21.3 Å². The minimum absolute atomic E-state index is 0. The second-order valence-corrected chi connectivity index (χ2v) is 3.42. The molecule has 0 bridgehead atoms. The summed E-state index contributed by atoms with van der Waals surface area (Å²) in [6.45, 7) is 6.67. The molecule has 3 N–H and O–H groups in total.